The highest BCUT2D eigenvalue weighted by atomic mass is 16.2. The van der Waals surface area contributed by atoms with Gasteiger partial charge >= 0.3 is 0 Å². The number of nitrogens with one attached hydrogen (secondary N) is 1. The normalized spacial score (nSPS) is 26.1. The van der Waals surface area contributed by atoms with Gasteiger partial charge in [-0.25, -0.2) is 0 Å². The van der Waals surface area contributed by atoms with Crippen molar-refractivity contribution >= 4 is 29.1 Å². The van der Waals surface area contributed by atoms with Crippen molar-refractivity contribution in [2.45, 2.75) is 33.6 Å². The largest absolute Gasteiger partial charge is 0.342 e. The van der Waals surface area contributed by atoms with Crippen molar-refractivity contribution in [3.8, 4) is 0 Å². The number of piperidine rings is 1. The highest BCUT2D eigenvalue weighted by Crippen LogP contribution is 2.29. The summed E-state index contributed by atoms with van der Waals surface area (Å²) < 4.78 is 0. The Labute approximate surface area is 154 Å². The second-order valence-electron chi connectivity index (χ2n) is 7.82. The lowest BCUT2D eigenvalue weighted by Crippen LogP contribution is -2.45. The SMILES string of the molecule is CC(=O)Nc1ccc(N2C[C@H](C(=O)N3C[C@H](C)C[C@H](C)C3)CC2=O)cc1. The Balaban J connectivity index is 1.66. The molecule has 2 fully saturated rings. The van der Waals surface area contributed by atoms with Crippen molar-refractivity contribution < 1.29 is 14.4 Å². The Morgan fingerprint density at radius 1 is 1.04 bits per heavy atom. The Morgan fingerprint density at radius 2 is 1.65 bits per heavy atom. The van der Waals surface area contributed by atoms with E-state index in [1.165, 1.54) is 6.92 Å². The predicted octanol–water partition coefficient (Wildman–Crippen LogP) is 2.50. The molecule has 140 valence electrons. The van der Waals surface area contributed by atoms with Crippen molar-refractivity contribution in [2.24, 2.45) is 17.8 Å². The van der Waals surface area contributed by atoms with Gasteiger partial charge in [0, 0.05) is 44.4 Å². The predicted molar refractivity (Wildman–Crippen MR) is 101 cm³/mol. The molecule has 2 saturated heterocycles. The number of rotatable bonds is 3. The van der Waals surface area contributed by atoms with Crippen LogP contribution in [0.3, 0.4) is 0 Å². The molecule has 26 heavy (non-hydrogen) atoms. The number of hydrogen-bond donors (Lipinski definition) is 1. The number of carbonyl (C=O) groups excluding carboxylic acids is 3. The van der Waals surface area contributed by atoms with E-state index in [2.05, 4.69) is 19.2 Å². The number of anilines is 2. The van der Waals surface area contributed by atoms with E-state index in [4.69, 9.17) is 0 Å². The molecule has 2 heterocycles. The van der Waals surface area contributed by atoms with Gasteiger partial charge in [-0.05, 0) is 42.5 Å². The molecule has 2 aliphatic rings. The first-order chi connectivity index (χ1) is 12.3. The molecule has 0 saturated carbocycles. The zero-order valence-corrected chi connectivity index (χ0v) is 15.7. The molecule has 0 spiro atoms. The molecule has 2 aliphatic heterocycles. The molecule has 1 N–H and O–H groups in total. The maximum absolute atomic E-state index is 12.9. The minimum absolute atomic E-state index is 0.0197. The summed E-state index contributed by atoms with van der Waals surface area (Å²) in [6.07, 6.45) is 1.42. The summed E-state index contributed by atoms with van der Waals surface area (Å²) in [4.78, 5) is 40.1. The standard InChI is InChI=1S/C20H27N3O3/c1-13-8-14(2)11-22(10-13)20(26)16-9-19(25)23(12-16)18-6-4-17(5-7-18)21-15(3)24/h4-7,13-14,16H,8-12H2,1-3H3,(H,21,24)/t13-,14+,16-/m1/s1. The first-order valence-corrected chi connectivity index (χ1v) is 9.30. The second-order valence-corrected chi connectivity index (χ2v) is 7.82. The van der Waals surface area contributed by atoms with Crippen LogP contribution >= 0.6 is 0 Å². The van der Waals surface area contributed by atoms with Gasteiger partial charge < -0.3 is 15.1 Å². The monoisotopic (exact) mass is 357 g/mol. The van der Waals surface area contributed by atoms with E-state index < -0.39 is 0 Å². The molecular weight excluding hydrogens is 330 g/mol. The number of amides is 3. The molecular formula is C20H27N3O3. The Kier molecular flexibility index (Phi) is 5.30. The van der Waals surface area contributed by atoms with Crippen LogP contribution in [0.15, 0.2) is 24.3 Å². The van der Waals surface area contributed by atoms with Gasteiger partial charge in [-0.1, -0.05) is 13.8 Å². The highest BCUT2D eigenvalue weighted by molar-refractivity contribution is 6.00. The average molecular weight is 357 g/mol. The van der Waals surface area contributed by atoms with Crippen LogP contribution in [0.1, 0.15) is 33.6 Å². The minimum Gasteiger partial charge on any atom is -0.342 e. The van der Waals surface area contributed by atoms with E-state index in [0.717, 1.165) is 25.2 Å². The summed E-state index contributed by atoms with van der Waals surface area (Å²) in [5.74, 6) is 0.706. The molecule has 6 heteroatoms. The van der Waals surface area contributed by atoms with E-state index in [1.54, 1.807) is 29.2 Å². The molecule has 0 unspecified atom stereocenters. The average Bonchev–Trinajstić information content (AvgIpc) is 2.95. The Morgan fingerprint density at radius 3 is 2.23 bits per heavy atom. The van der Waals surface area contributed by atoms with Crippen LogP contribution in [0.25, 0.3) is 0 Å². The van der Waals surface area contributed by atoms with Crippen LogP contribution in [0, 0.1) is 17.8 Å². The third kappa shape index (κ3) is 4.06. The van der Waals surface area contributed by atoms with Crippen molar-refractivity contribution in [2.75, 3.05) is 29.9 Å². The van der Waals surface area contributed by atoms with Gasteiger partial charge in [-0.15, -0.1) is 0 Å². The topological polar surface area (TPSA) is 69.7 Å². The van der Waals surface area contributed by atoms with Crippen molar-refractivity contribution in [1.82, 2.24) is 4.90 Å². The number of nitrogens with zero attached hydrogens (tertiary/aromatic N) is 2. The Bertz CT molecular complexity index is 691. The smallest absolute Gasteiger partial charge is 0.228 e. The van der Waals surface area contributed by atoms with Gasteiger partial charge in [0.05, 0.1) is 5.92 Å². The van der Waals surface area contributed by atoms with Crippen LogP contribution < -0.4 is 10.2 Å². The van der Waals surface area contributed by atoms with Crippen LogP contribution in [-0.4, -0.2) is 42.3 Å². The lowest BCUT2D eigenvalue weighted by molar-refractivity contribution is -0.138. The summed E-state index contributed by atoms with van der Waals surface area (Å²) in [5.41, 5.74) is 1.46. The van der Waals surface area contributed by atoms with Gasteiger partial charge in [0.1, 0.15) is 0 Å². The fraction of sp³-hybridized carbons (Fsp3) is 0.550. The zero-order chi connectivity index (χ0) is 18.8. The number of hydrogen-bond acceptors (Lipinski definition) is 3. The first-order valence-electron chi connectivity index (χ1n) is 9.30. The molecule has 3 rings (SSSR count). The molecule has 0 aromatic heterocycles. The van der Waals surface area contributed by atoms with Crippen molar-refractivity contribution in [3.63, 3.8) is 0 Å². The fourth-order valence-corrected chi connectivity index (χ4v) is 4.15. The number of benzene rings is 1. The maximum atomic E-state index is 12.9. The van der Waals surface area contributed by atoms with Gasteiger partial charge in [-0.3, -0.25) is 14.4 Å². The Hall–Kier alpha value is -2.37. The lowest BCUT2D eigenvalue weighted by atomic mass is 9.91. The van der Waals surface area contributed by atoms with E-state index in [0.29, 0.717) is 24.1 Å². The second kappa shape index (κ2) is 7.48. The van der Waals surface area contributed by atoms with Crippen LogP contribution in [0.5, 0.6) is 0 Å². The van der Waals surface area contributed by atoms with Gasteiger partial charge in [-0.2, -0.15) is 0 Å². The summed E-state index contributed by atoms with van der Waals surface area (Å²) in [7, 11) is 0. The number of likely N-dealkylation sites (tertiary alicyclic amines) is 1. The summed E-state index contributed by atoms with van der Waals surface area (Å²) in [6, 6.07) is 7.16. The molecule has 3 atom stereocenters. The molecule has 1 aromatic carbocycles. The lowest BCUT2D eigenvalue weighted by Gasteiger charge is -2.36. The first kappa shape index (κ1) is 18.4. The van der Waals surface area contributed by atoms with Gasteiger partial charge in [0.25, 0.3) is 0 Å². The van der Waals surface area contributed by atoms with Crippen LogP contribution in [0.2, 0.25) is 0 Å². The molecule has 0 radical (unpaired) electrons. The van der Waals surface area contributed by atoms with E-state index in [-0.39, 0.29) is 30.1 Å². The summed E-state index contributed by atoms with van der Waals surface area (Å²) >= 11 is 0. The summed E-state index contributed by atoms with van der Waals surface area (Å²) in [6.45, 7) is 7.82. The van der Waals surface area contributed by atoms with Crippen molar-refractivity contribution in [3.05, 3.63) is 24.3 Å². The molecule has 3 amide bonds. The van der Waals surface area contributed by atoms with E-state index in [9.17, 15) is 14.4 Å². The quantitative estimate of drug-likeness (QED) is 0.904. The third-order valence-corrected chi connectivity index (χ3v) is 5.15. The fourth-order valence-electron chi connectivity index (χ4n) is 4.15. The summed E-state index contributed by atoms with van der Waals surface area (Å²) in [5, 5.41) is 2.71. The van der Waals surface area contributed by atoms with E-state index >= 15 is 0 Å². The molecule has 6 nitrogen and oxygen atoms in total. The van der Waals surface area contributed by atoms with Crippen molar-refractivity contribution in [1.29, 1.82) is 0 Å². The van der Waals surface area contributed by atoms with Crippen LogP contribution in [-0.2, 0) is 14.4 Å². The van der Waals surface area contributed by atoms with Gasteiger partial charge in [0.2, 0.25) is 17.7 Å². The minimum atomic E-state index is -0.268. The maximum Gasteiger partial charge on any atom is 0.228 e. The zero-order valence-electron chi connectivity index (χ0n) is 15.7. The van der Waals surface area contributed by atoms with Gasteiger partial charge in [0.15, 0.2) is 0 Å². The molecule has 0 aliphatic carbocycles. The highest BCUT2D eigenvalue weighted by Gasteiger charge is 2.38. The van der Waals surface area contributed by atoms with Crippen LogP contribution in [0.4, 0.5) is 11.4 Å². The van der Waals surface area contributed by atoms with E-state index in [1.807, 2.05) is 4.90 Å². The third-order valence-electron chi connectivity index (χ3n) is 5.15. The molecule has 0 bridgehead atoms. The number of carbonyl (C=O) groups is 3. The molecule has 1 aromatic rings.